The molecular formula is C14H20O2. The van der Waals surface area contributed by atoms with E-state index in [0.29, 0.717) is 11.8 Å². The third kappa shape index (κ3) is 0.970. The Hall–Kier alpha value is -0.530. The summed E-state index contributed by atoms with van der Waals surface area (Å²) < 4.78 is 0. The molecule has 0 aliphatic heterocycles. The van der Waals surface area contributed by atoms with E-state index in [4.69, 9.17) is 5.11 Å². The monoisotopic (exact) mass is 220 g/mol. The molecule has 5 atom stereocenters. The summed E-state index contributed by atoms with van der Waals surface area (Å²) in [6.45, 7) is 0. The molecule has 0 heterocycles. The maximum Gasteiger partial charge on any atom is 0.303 e. The Morgan fingerprint density at radius 3 is 2.94 bits per heavy atom. The van der Waals surface area contributed by atoms with E-state index in [0.717, 1.165) is 17.8 Å². The van der Waals surface area contributed by atoms with Gasteiger partial charge in [-0.3, -0.25) is 4.79 Å². The molecule has 2 heteroatoms. The van der Waals surface area contributed by atoms with Gasteiger partial charge >= 0.3 is 5.97 Å². The SMILES string of the molecule is O=C(O)CC12CCC3CC4CC(C1)C4(C3)C2. The Kier molecular flexibility index (Phi) is 1.57. The van der Waals surface area contributed by atoms with E-state index in [1.54, 1.807) is 0 Å². The lowest BCUT2D eigenvalue weighted by Gasteiger charge is -2.49. The lowest BCUT2D eigenvalue weighted by Crippen LogP contribution is -2.41. The average Bonchev–Trinajstić information content (AvgIpc) is 2.54. The Bertz CT molecular complexity index is 364. The number of hydrogen-bond donors (Lipinski definition) is 1. The van der Waals surface area contributed by atoms with Crippen molar-refractivity contribution in [1.29, 1.82) is 0 Å². The Labute approximate surface area is 96.4 Å². The summed E-state index contributed by atoms with van der Waals surface area (Å²) in [5, 5.41) is 9.14. The molecule has 5 unspecified atom stereocenters. The van der Waals surface area contributed by atoms with Crippen LogP contribution in [0.3, 0.4) is 0 Å². The molecule has 4 rings (SSSR count). The van der Waals surface area contributed by atoms with E-state index in [-0.39, 0.29) is 5.41 Å². The van der Waals surface area contributed by atoms with Gasteiger partial charge < -0.3 is 5.11 Å². The topological polar surface area (TPSA) is 37.3 Å². The van der Waals surface area contributed by atoms with Crippen molar-refractivity contribution in [1.82, 2.24) is 0 Å². The summed E-state index contributed by atoms with van der Waals surface area (Å²) in [4.78, 5) is 11.1. The van der Waals surface area contributed by atoms with Gasteiger partial charge in [-0.15, -0.1) is 0 Å². The van der Waals surface area contributed by atoms with Crippen LogP contribution in [0.2, 0.25) is 0 Å². The van der Waals surface area contributed by atoms with Gasteiger partial charge in [-0.2, -0.15) is 0 Å². The van der Waals surface area contributed by atoms with Crippen molar-refractivity contribution in [3.8, 4) is 0 Å². The quantitative estimate of drug-likeness (QED) is 0.776. The van der Waals surface area contributed by atoms with Crippen LogP contribution in [0.15, 0.2) is 0 Å². The van der Waals surface area contributed by atoms with Gasteiger partial charge in [0, 0.05) is 0 Å². The molecule has 88 valence electrons. The van der Waals surface area contributed by atoms with Crippen molar-refractivity contribution in [2.75, 3.05) is 0 Å². The summed E-state index contributed by atoms with van der Waals surface area (Å²) in [7, 11) is 0. The zero-order chi connectivity index (χ0) is 11.0. The number of hydrogen-bond acceptors (Lipinski definition) is 1. The number of aliphatic carboxylic acids is 1. The first-order chi connectivity index (χ1) is 7.62. The summed E-state index contributed by atoms with van der Waals surface area (Å²) in [5.74, 6) is 2.28. The first-order valence-electron chi connectivity index (χ1n) is 6.84. The van der Waals surface area contributed by atoms with E-state index in [1.165, 1.54) is 44.9 Å². The predicted octanol–water partition coefficient (Wildman–Crippen LogP) is 3.07. The number of fused-ring (bicyclic) bond motifs is 2. The maximum atomic E-state index is 11.1. The number of carbonyl (C=O) groups is 1. The second kappa shape index (κ2) is 2.65. The van der Waals surface area contributed by atoms with Crippen LogP contribution < -0.4 is 0 Å². The summed E-state index contributed by atoms with van der Waals surface area (Å²) in [5.41, 5.74) is 0.844. The average molecular weight is 220 g/mol. The molecule has 0 amide bonds. The molecule has 3 bridgehead atoms. The third-order valence-electron chi connectivity index (χ3n) is 6.47. The lowest BCUT2D eigenvalue weighted by molar-refractivity contribution is -0.140. The van der Waals surface area contributed by atoms with E-state index in [1.807, 2.05) is 0 Å². The van der Waals surface area contributed by atoms with Gasteiger partial charge in [0.15, 0.2) is 0 Å². The molecule has 4 fully saturated rings. The normalized spacial score (nSPS) is 56.9. The van der Waals surface area contributed by atoms with Gasteiger partial charge in [0.25, 0.3) is 0 Å². The molecule has 0 saturated heterocycles. The Morgan fingerprint density at radius 2 is 2.12 bits per heavy atom. The van der Waals surface area contributed by atoms with Gasteiger partial charge in [0.2, 0.25) is 0 Å². The van der Waals surface area contributed by atoms with Crippen LogP contribution in [0.25, 0.3) is 0 Å². The highest BCUT2D eigenvalue weighted by Crippen LogP contribution is 2.77. The first kappa shape index (κ1) is 9.49. The van der Waals surface area contributed by atoms with E-state index < -0.39 is 5.97 Å². The van der Waals surface area contributed by atoms with Gasteiger partial charge in [0.1, 0.15) is 0 Å². The minimum atomic E-state index is -0.563. The molecule has 0 aromatic carbocycles. The van der Waals surface area contributed by atoms with Crippen molar-refractivity contribution >= 4 is 5.97 Å². The predicted molar refractivity (Wildman–Crippen MR) is 59.9 cm³/mol. The fraction of sp³-hybridized carbons (Fsp3) is 0.929. The fourth-order valence-electron chi connectivity index (χ4n) is 6.08. The van der Waals surface area contributed by atoms with Gasteiger partial charge in [-0.25, -0.2) is 0 Å². The molecule has 2 nitrogen and oxygen atoms in total. The number of rotatable bonds is 2. The molecule has 1 N–H and O–H groups in total. The van der Waals surface area contributed by atoms with Crippen LogP contribution >= 0.6 is 0 Å². The van der Waals surface area contributed by atoms with Crippen molar-refractivity contribution in [3.05, 3.63) is 0 Å². The summed E-state index contributed by atoms with van der Waals surface area (Å²) in [6.07, 6.45) is 9.82. The Morgan fingerprint density at radius 1 is 1.25 bits per heavy atom. The fourth-order valence-corrected chi connectivity index (χ4v) is 6.08. The second-order valence-corrected chi connectivity index (χ2v) is 7.16. The van der Waals surface area contributed by atoms with Crippen molar-refractivity contribution < 1.29 is 9.90 Å². The zero-order valence-electron chi connectivity index (χ0n) is 9.74. The smallest absolute Gasteiger partial charge is 0.303 e. The molecule has 1 spiro atoms. The molecule has 4 aliphatic rings. The molecule has 4 aliphatic carbocycles. The lowest BCUT2D eigenvalue weighted by atomic mass is 9.56. The molecular weight excluding hydrogens is 200 g/mol. The first-order valence-corrected chi connectivity index (χ1v) is 6.84. The summed E-state index contributed by atoms with van der Waals surface area (Å²) in [6, 6.07) is 0. The van der Waals surface area contributed by atoms with Crippen LogP contribution in [0.5, 0.6) is 0 Å². The van der Waals surface area contributed by atoms with Gasteiger partial charge in [-0.1, -0.05) is 0 Å². The molecule has 16 heavy (non-hydrogen) atoms. The summed E-state index contributed by atoms with van der Waals surface area (Å²) >= 11 is 0. The molecule has 0 radical (unpaired) electrons. The minimum absolute atomic E-state index is 0.209. The van der Waals surface area contributed by atoms with Crippen LogP contribution in [0.4, 0.5) is 0 Å². The van der Waals surface area contributed by atoms with Crippen LogP contribution in [0.1, 0.15) is 51.4 Å². The third-order valence-corrected chi connectivity index (χ3v) is 6.47. The van der Waals surface area contributed by atoms with Crippen molar-refractivity contribution in [3.63, 3.8) is 0 Å². The van der Waals surface area contributed by atoms with E-state index in [9.17, 15) is 4.79 Å². The number of carboxylic acids is 1. The van der Waals surface area contributed by atoms with Gasteiger partial charge in [0.05, 0.1) is 6.42 Å². The maximum absolute atomic E-state index is 11.1. The van der Waals surface area contributed by atoms with Gasteiger partial charge in [-0.05, 0) is 73.5 Å². The second-order valence-electron chi connectivity index (χ2n) is 7.16. The van der Waals surface area contributed by atoms with Crippen molar-refractivity contribution in [2.24, 2.45) is 28.6 Å². The number of carboxylic acid groups (broad SMARTS) is 1. The standard InChI is InChI=1S/C14H20O2/c15-12(16)7-13-2-1-9-3-10-4-11(6-13)14(10,5-9)8-13/h9-11H,1-8H2,(H,15,16). The largest absolute Gasteiger partial charge is 0.481 e. The van der Waals surface area contributed by atoms with Crippen LogP contribution in [-0.2, 0) is 4.79 Å². The molecule has 0 aromatic heterocycles. The zero-order valence-corrected chi connectivity index (χ0v) is 9.74. The molecule has 4 saturated carbocycles. The highest BCUT2D eigenvalue weighted by atomic mass is 16.4. The Balaban J connectivity index is 1.71. The van der Waals surface area contributed by atoms with E-state index in [2.05, 4.69) is 0 Å². The highest BCUT2D eigenvalue weighted by molar-refractivity contribution is 5.68. The highest BCUT2D eigenvalue weighted by Gasteiger charge is 2.68. The minimum Gasteiger partial charge on any atom is -0.481 e. The van der Waals surface area contributed by atoms with Crippen molar-refractivity contribution in [2.45, 2.75) is 51.4 Å². The van der Waals surface area contributed by atoms with E-state index >= 15 is 0 Å². The van der Waals surface area contributed by atoms with Crippen LogP contribution in [0, 0.1) is 28.6 Å². The molecule has 0 aromatic rings. The van der Waals surface area contributed by atoms with Crippen LogP contribution in [-0.4, -0.2) is 11.1 Å².